The number of fused-ring (bicyclic) bond motifs is 1. The van der Waals surface area contributed by atoms with Gasteiger partial charge in [-0.3, -0.25) is 14.4 Å². The Kier molecular flexibility index (Phi) is 7.21. The average Bonchev–Trinajstić information content (AvgIpc) is 3.54. The maximum Gasteiger partial charge on any atom is 0.329 e. The zero-order valence-corrected chi connectivity index (χ0v) is 22.5. The standard InChI is InChI=1S/C33H27N5O4/c39-28-20-36-33(42)38(28)25-14-11-22(12-15-25)18-34-30(23-9-5-2-6-10-23)29-26-17-24(13-16-27(26)37-32(29)41)31(40)35-19-21-7-3-1-4-8-21/h1-17,34H,18-20H2,(H,35,40)(H,36,42)(H,37,41). The molecule has 0 unspecified atom stereocenters. The van der Waals surface area contributed by atoms with E-state index in [4.69, 9.17) is 0 Å². The molecule has 4 N–H and O–H groups in total. The molecule has 4 aromatic rings. The quantitative estimate of drug-likeness (QED) is 0.190. The second-order valence-corrected chi connectivity index (χ2v) is 9.91. The van der Waals surface area contributed by atoms with Crippen LogP contribution in [-0.2, 0) is 22.7 Å². The van der Waals surface area contributed by atoms with Crippen LogP contribution in [0.5, 0.6) is 0 Å². The third-order valence-corrected chi connectivity index (χ3v) is 7.14. The van der Waals surface area contributed by atoms with Crippen LogP contribution in [0.4, 0.5) is 16.2 Å². The highest BCUT2D eigenvalue weighted by molar-refractivity contribution is 6.36. The minimum atomic E-state index is -0.444. The molecule has 9 heteroatoms. The van der Waals surface area contributed by atoms with Crippen molar-refractivity contribution in [3.8, 4) is 0 Å². The minimum Gasteiger partial charge on any atom is -0.380 e. The molecule has 2 aliphatic heterocycles. The molecule has 2 aliphatic rings. The Bertz CT molecular complexity index is 1700. The summed E-state index contributed by atoms with van der Waals surface area (Å²) in [5.74, 6) is -0.812. The molecule has 0 radical (unpaired) electrons. The maximum absolute atomic E-state index is 13.3. The topological polar surface area (TPSA) is 120 Å². The summed E-state index contributed by atoms with van der Waals surface area (Å²) < 4.78 is 0. The van der Waals surface area contributed by atoms with Crippen LogP contribution >= 0.6 is 0 Å². The fourth-order valence-corrected chi connectivity index (χ4v) is 5.01. The largest absolute Gasteiger partial charge is 0.380 e. The molecule has 208 valence electrons. The third-order valence-electron chi connectivity index (χ3n) is 7.14. The van der Waals surface area contributed by atoms with Crippen LogP contribution in [0.25, 0.3) is 11.3 Å². The van der Waals surface area contributed by atoms with Crippen molar-refractivity contribution in [2.75, 3.05) is 16.8 Å². The molecule has 5 amide bonds. The summed E-state index contributed by atoms with van der Waals surface area (Å²) in [6.07, 6.45) is 0. The number of hydrogen-bond acceptors (Lipinski definition) is 5. The summed E-state index contributed by atoms with van der Waals surface area (Å²) in [4.78, 5) is 51.5. The number of nitrogens with zero attached hydrogens (tertiary/aromatic N) is 1. The Morgan fingerprint density at radius 3 is 2.10 bits per heavy atom. The van der Waals surface area contributed by atoms with E-state index in [1.165, 1.54) is 0 Å². The molecule has 2 heterocycles. The van der Waals surface area contributed by atoms with Gasteiger partial charge in [0.1, 0.15) is 0 Å². The molecule has 6 rings (SSSR count). The molecule has 0 saturated carbocycles. The van der Waals surface area contributed by atoms with Gasteiger partial charge in [0, 0.05) is 29.9 Å². The molecule has 0 aliphatic carbocycles. The monoisotopic (exact) mass is 557 g/mol. The van der Waals surface area contributed by atoms with Crippen molar-refractivity contribution >= 4 is 46.4 Å². The lowest BCUT2D eigenvalue weighted by atomic mass is 9.98. The first kappa shape index (κ1) is 26.5. The Hall–Kier alpha value is -5.70. The highest BCUT2D eigenvalue weighted by atomic mass is 16.2. The van der Waals surface area contributed by atoms with Crippen LogP contribution in [0.15, 0.2) is 103 Å². The first-order chi connectivity index (χ1) is 20.5. The second kappa shape index (κ2) is 11.4. The van der Waals surface area contributed by atoms with Gasteiger partial charge in [0.05, 0.1) is 23.5 Å². The maximum atomic E-state index is 13.3. The molecular weight excluding hydrogens is 530 g/mol. The van der Waals surface area contributed by atoms with E-state index in [0.29, 0.717) is 46.9 Å². The van der Waals surface area contributed by atoms with Gasteiger partial charge in [-0.1, -0.05) is 72.8 Å². The smallest absolute Gasteiger partial charge is 0.329 e. The zero-order chi connectivity index (χ0) is 29.1. The molecular formula is C33H27N5O4. The number of urea groups is 1. The molecule has 0 aromatic heterocycles. The van der Waals surface area contributed by atoms with Crippen LogP contribution in [0.2, 0.25) is 0 Å². The fourth-order valence-electron chi connectivity index (χ4n) is 5.01. The zero-order valence-electron chi connectivity index (χ0n) is 22.5. The van der Waals surface area contributed by atoms with Gasteiger partial charge in [0.15, 0.2) is 0 Å². The summed E-state index contributed by atoms with van der Waals surface area (Å²) in [6, 6.07) is 31.0. The van der Waals surface area contributed by atoms with Crippen molar-refractivity contribution in [2.45, 2.75) is 13.1 Å². The van der Waals surface area contributed by atoms with Gasteiger partial charge in [-0.05, 0) is 47.0 Å². The first-order valence-corrected chi connectivity index (χ1v) is 13.5. The molecule has 42 heavy (non-hydrogen) atoms. The lowest BCUT2D eigenvalue weighted by Crippen LogP contribution is -2.30. The Balaban J connectivity index is 1.28. The van der Waals surface area contributed by atoms with E-state index < -0.39 is 6.03 Å². The van der Waals surface area contributed by atoms with Gasteiger partial charge in [0.2, 0.25) is 0 Å². The van der Waals surface area contributed by atoms with Crippen LogP contribution in [-0.4, -0.2) is 30.3 Å². The van der Waals surface area contributed by atoms with Crippen molar-refractivity contribution in [3.63, 3.8) is 0 Å². The highest BCUT2D eigenvalue weighted by Crippen LogP contribution is 2.37. The molecule has 1 saturated heterocycles. The molecule has 0 spiro atoms. The minimum absolute atomic E-state index is 0.0178. The Morgan fingerprint density at radius 2 is 1.40 bits per heavy atom. The number of anilines is 2. The summed E-state index contributed by atoms with van der Waals surface area (Å²) in [5.41, 5.74) is 5.93. The third kappa shape index (κ3) is 5.35. The lowest BCUT2D eigenvalue weighted by Gasteiger charge is -2.16. The molecule has 4 aromatic carbocycles. The van der Waals surface area contributed by atoms with Gasteiger partial charge in [-0.15, -0.1) is 0 Å². The number of hydrogen-bond donors (Lipinski definition) is 4. The van der Waals surface area contributed by atoms with Crippen LogP contribution < -0.4 is 26.2 Å². The van der Waals surface area contributed by atoms with E-state index in [9.17, 15) is 19.2 Å². The van der Waals surface area contributed by atoms with Gasteiger partial charge < -0.3 is 21.3 Å². The molecule has 0 bridgehead atoms. The van der Waals surface area contributed by atoms with Gasteiger partial charge in [-0.25, -0.2) is 9.69 Å². The summed E-state index contributed by atoms with van der Waals surface area (Å²) in [6.45, 7) is 0.743. The van der Waals surface area contributed by atoms with Crippen molar-refractivity contribution < 1.29 is 19.2 Å². The number of benzene rings is 4. The molecule has 9 nitrogen and oxygen atoms in total. The first-order valence-electron chi connectivity index (χ1n) is 13.5. The van der Waals surface area contributed by atoms with Gasteiger partial charge >= 0.3 is 6.03 Å². The van der Waals surface area contributed by atoms with Crippen LogP contribution in [0.3, 0.4) is 0 Å². The van der Waals surface area contributed by atoms with Crippen LogP contribution in [0.1, 0.15) is 32.6 Å². The Labute approximate surface area is 242 Å². The molecule has 1 fully saturated rings. The summed E-state index contributed by atoms with van der Waals surface area (Å²) >= 11 is 0. The van der Waals surface area contributed by atoms with Gasteiger partial charge in [-0.2, -0.15) is 0 Å². The normalized spacial score (nSPS) is 15.1. The number of rotatable bonds is 8. The number of imide groups is 1. The highest BCUT2D eigenvalue weighted by Gasteiger charge is 2.31. The average molecular weight is 558 g/mol. The number of nitrogens with one attached hydrogen (secondary N) is 4. The van der Waals surface area contributed by atoms with Crippen LogP contribution in [0, 0.1) is 0 Å². The predicted molar refractivity (Wildman–Crippen MR) is 160 cm³/mol. The van der Waals surface area contributed by atoms with Gasteiger partial charge in [0.25, 0.3) is 17.7 Å². The van der Waals surface area contributed by atoms with Crippen molar-refractivity contribution in [1.82, 2.24) is 16.0 Å². The van der Waals surface area contributed by atoms with E-state index in [-0.39, 0.29) is 24.3 Å². The lowest BCUT2D eigenvalue weighted by molar-refractivity contribution is -0.116. The second-order valence-electron chi connectivity index (χ2n) is 9.91. The van der Waals surface area contributed by atoms with E-state index >= 15 is 0 Å². The number of amides is 5. The van der Waals surface area contributed by atoms with E-state index in [1.54, 1.807) is 30.3 Å². The summed E-state index contributed by atoms with van der Waals surface area (Å²) in [5, 5.41) is 11.8. The Morgan fingerprint density at radius 1 is 0.738 bits per heavy atom. The SMILES string of the molecule is O=C1Nc2ccc(C(=O)NCc3ccccc3)cc2C1=C(NCc1ccc(N2C(=O)CNC2=O)cc1)c1ccccc1. The fraction of sp³-hybridized carbons (Fsp3) is 0.0909. The van der Waals surface area contributed by atoms with E-state index in [2.05, 4.69) is 21.3 Å². The van der Waals surface area contributed by atoms with E-state index in [1.807, 2.05) is 72.8 Å². The number of carbonyl (C=O) groups excluding carboxylic acids is 4. The van der Waals surface area contributed by atoms with Crippen molar-refractivity contribution in [3.05, 3.63) is 131 Å². The predicted octanol–water partition coefficient (Wildman–Crippen LogP) is 4.28. The van der Waals surface area contributed by atoms with Crippen molar-refractivity contribution in [1.29, 1.82) is 0 Å². The molecule has 0 atom stereocenters. The van der Waals surface area contributed by atoms with E-state index in [0.717, 1.165) is 21.6 Å². The van der Waals surface area contributed by atoms with Crippen molar-refractivity contribution in [2.24, 2.45) is 0 Å². The number of carbonyl (C=O) groups is 4. The summed E-state index contributed by atoms with van der Waals surface area (Å²) in [7, 11) is 0.